The molecule has 16 heavy (non-hydrogen) atoms. The lowest BCUT2D eigenvalue weighted by atomic mass is 10.1. The van der Waals surface area contributed by atoms with Crippen LogP contribution in [0.1, 0.15) is 17.5 Å². The predicted molar refractivity (Wildman–Crippen MR) is 69.6 cm³/mol. The minimum Gasteiger partial charge on any atom is -0.328 e. The lowest BCUT2D eigenvalue weighted by Gasteiger charge is -2.00. The lowest BCUT2D eigenvalue weighted by Crippen LogP contribution is -2.17. The Kier molecular flexibility index (Phi) is 3.36. The lowest BCUT2D eigenvalue weighted by molar-refractivity contribution is 0.734. The molecule has 0 fully saturated rings. The number of benzene rings is 1. The summed E-state index contributed by atoms with van der Waals surface area (Å²) < 4.78 is 0. The molecule has 0 amide bonds. The highest BCUT2D eigenvalue weighted by atomic mass is 32.1. The van der Waals surface area contributed by atoms with Crippen molar-refractivity contribution < 1.29 is 0 Å². The fraction of sp³-hybridized carbons (Fsp3) is 0.308. The number of hydrogen-bond donors (Lipinski definition) is 1. The molecule has 0 radical (unpaired) electrons. The van der Waals surface area contributed by atoms with Crippen LogP contribution in [-0.2, 0) is 6.42 Å². The molecule has 0 aliphatic heterocycles. The van der Waals surface area contributed by atoms with Gasteiger partial charge < -0.3 is 5.73 Å². The van der Waals surface area contributed by atoms with Crippen LogP contribution in [-0.4, -0.2) is 11.0 Å². The van der Waals surface area contributed by atoms with Crippen LogP contribution in [0.15, 0.2) is 29.6 Å². The molecule has 0 saturated carbocycles. The third-order valence-corrected chi connectivity index (χ3v) is 3.27. The Balaban J connectivity index is 2.21. The monoisotopic (exact) mass is 232 g/mol. The molecule has 3 heteroatoms. The van der Waals surface area contributed by atoms with E-state index in [0.717, 1.165) is 17.1 Å². The SMILES string of the molecule is Cc1ccc(-c2csc(CC(C)N)n2)cc1. The van der Waals surface area contributed by atoms with Gasteiger partial charge in [-0.2, -0.15) is 0 Å². The highest BCUT2D eigenvalue weighted by Crippen LogP contribution is 2.22. The van der Waals surface area contributed by atoms with Gasteiger partial charge in [0.15, 0.2) is 0 Å². The Labute approximate surface area is 100 Å². The largest absolute Gasteiger partial charge is 0.328 e. The first-order valence-corrected chi connectivity index (χ1v) is 6.30. The van der Waals surface area contributed by atoms with Crippen LogP contribution in [0, 0.1) is 6.92 Å². The van der Waals surface area contributed by atoms with Crippen molar-refractivity contribution in [1.29, 1.82) is 0 Å². The standard InChI is InChI=1S/C13H16N2S/c1-9-3-5-11(6-4-9)12-8-16-13(15-12)7-10(2)14/h3-6,8,10H,7,14H2,1-2H3. The number of aryl methyl sites for hydroxylation is 1. The second-order valence-electron chi connectivity index (χ2n) is 4.17. The minimum absolute atomic E-state index is 0.178. The van der Waals surface area contributed by atoms with Crippen molar-refractivity contribution in [2.24, 2.45) is 5.73 Å². The predicted octanol–water partition coefficient (Wildman–Crippen LogP) is 3.01. The number of nitrogens with two attached hydrogens (primary N) is 1. The zero-order valence-corrected chi connectivity index (χ0v) is 10.4. The maximum atomic E-state index is 5.76. The summed E-state index contributed by atoms with van der Waals surface area (Å²) in [6.07, 6.45) is 0.858. The molecule has 0 saturated heterocycles. The van der Waals surface area contributed by atoms with Crippen molar-refractivity contribution in [1.82, 2.24) is 4.98 Å². The van der Waals surface area contributed by atoms with Crippen LogP contribution in [0.25, 0.3) is 11.3 Å². The fourth-order valence-corrected chi connectivity index (χ4v) is 2.48. The molecule has 1 atom stereocenters. The van der Waals surface area contributed by atoms with E-state index in [0.29, 0.717) is 0 Å². The van der Waals surface area contributed by atoms with Gasteiger partial charge in [-0.3, -0.25) is 0 Å². The van der Waals surface area contributed by atoms with E-state index in [1.807, 2.05) is 6.92 Å². The summed E-state index contributed by atoms with van der Waals surface area (Å²) in [7, 11) is 0. The summed E-state index contributed by atoms with van der Waals surface area (Å²) in [5.74, 6) is 0. The smallest absolute Gasteiger partial charge is 0.0947 e. The first kappa shape index (κ1) is 11.3. The molecule has 0 aliphatic carbocycles. The number of aromatic nitrogens is 1. The van der Waals surface area contributed by atoms with Gasteiger partial charge in [0.05, 0.1) is 10.7 Å². The Morgan fingerprint density at radius 1 is 1.31 bits per heavy atom. The molecule has 1 aromatic heterocycles. The van der Waals surface area contributed by atoms with Crippen molar-refractivity contribution in [2.75, 3.05) is 0 Å². The van der Waals surface area contributed by atoms with Crippen molar-refractivity contribution >= 4 is 11.3 Å². The van der Waals surface area contributed by atoms with Crippen LogP contribution in [0.5, 0.6) is 0 Å². The quantitative estimate of drug-likeness (QED) is 0.883. The van der Waals surface area contributed by atoms with Gasteiger partial charge in [-0.05, 0) is 13.8 Å². The zero-order valence-electron chi connectivity index (χ0n) is 9.60. The Morgan fingerprint density at radius 3 is 2.62 bits per heavy atom. The normalized spacial score (nSPS) is 12.7. The average molecular weight is 232 g/mol. The molecular formula is C13H16N2S. The summed E-state index contributed by atoms with van der Waals surface area (Å²) >= 11 is 1.69. The molecule has 0 bridgehead atoms. The maximum Gasteiger partial charge on any atom is 0.0947 e. The van der Waals surface area contributed by atoms with E-state index < -0.39 is 0 Å². The van der Waals surface area contributed by atoms with Gasteiger partial charge in [-0.25, -0.2) is 4.98 Å². The van der Waals surface area contributed by atoms with Crippen molar-refractivity contribution in [2.45, 2.75) is 26.3 Å². The molecule has 2 N–H and O–H groups in total. The fourth-order valence-electron chi connectivity index (χ4n) is 1.54. The van der Waals surface area contributed by atoms with Crippen LogP contribution in [0.4, 0.5) is 0 Å². The highest BCUT2D eigenvalue weighted by molar-refractivity contribution is 7.09. The molecular weight excluding hydrogens is 216 g/mol. The number of hydrogen-bond acceptors (Lipinski definition) is 3. The molecule has 84 valence electrons. The first-order chi connectivity index (χ1) is 7.65. The second-order valence-corrected chi connectivity index (χ2v) is 5.12. The average Bonchev–Trinajstić information content (AvgIpc) is 2.66. The van der Waals surface area contributed by atoms with E-state index >= 15 is 0 Å². The zero-order chi connectivity index (χ0) is 11.5. The summed E-state index contributed by atoms with van der Waals surface area (Å²) in [5.41, 5.74) is 9.27. The van der Waals surface area contributed by atoms with E-state index in [1.54, 1.807) is 11.3 Å². The van der Waals surface area contributed by atoms with E-state index in [-0.39, 0.29) is 6.04 Å². The molecule has 2 nitrogen and oxygen atoms in total. The summed E-state index contributed by atoms with van der Waals surface area (Å²) in [6, 6.07) is 8.62. The molecule has 2 aromatic rings. The van der Waals surface area contributed by atoms with E-state index in [1.165, 1.54) is 11.1 Å². The van der Waals surface area contributed by atoms with Gasteiger partial charge in [0.1, 0.15) is 0 Å². The van der Waals surface area contributed by atoms with Gasteiger partial charge in [0.2, 0.25) is 0 Å². The third kappa shape index (κ3) is 2.68. The Hall–Kier alpha value is -1.19. The van der Waals surface area contributed by atoms with Crippen LogP contribution in [0.2, 0.25) is 0 Å². The Bertz CT molecular complexity index is 457. The second kappa shape index (κ2) is 4.76. The van der Waals surface area contributed by atoms with Gasteiger partial charge in [0.25, 0.3) is 0 Å². The molecule has 1 aromatic carbocycles. The molecule has 0 spiro atoms. The highest BCUT2D eigenvalue weighted by Gasteiger charge is 2.05. The van der Waals surface area contributed by atoms with Gasteiger partial charge in [-0.1, -0.05) is 29.8 Å². The van der Waals surface area contributed by atoms with E-state index in [2.05, 4.69) is 41.6 Å². The number of nitrogens with zero attached hydrogens (tertiary/aromatic N) is 1. The Morgan fingerprint density at radius 2 is 2.00 bits per heavy atom. The maximum absolute atomic E-state index is 5.76. The van der Waals surface area contributed by atoms with Crippen molar-refractivity contribution in [3.05, 3.63) is 40.2 Å². The molecule has 1 unspecified atom stereocenters. The molecule has 0 aliphatic rings. The number of thiazole rings is 1. The molecule has 1 heterocycles. The third-order valence-electron chi connectivity index (χ3n) is 2.40. The summed E-state index contributed by atoms with van der Waals surface area (Å²) in [4.78, 5) is 4.59. The van der Waals surface area contributed by atoms with Crippen molar-refractivity contribution in [3.63, 3.8) is 0 Å². The van der Waals surface area contributed by atoms with Crippen LogP contribution < -0.4 is 5.73 Å². The summed E-state index contributed by atoms with van der Waals surface area (Å²) in [6.45, 7) is 4.10. The van der Waals surface area contributed by atoms with Gasteiger partial charge in [0, 0.05) is 23.4 Å². The molecule has 2 rings (SSSR count). The summed E-state index contributed by atoms with van der Waals surface area (Å²) in [5, 5.41) is 3.22. The first-order valence-electron chi connectivity index (χ1n) is 5.42. The van der Waals surface area contributed by atoms with Crippen LogP contribution >= 0.6 is 11.3 Å². The van der Waals surface area contributed by atoms with Crippen LogP contribution in [0.3, 0.4) is 0 Å². The topological polar surface area (TPSA) is 38.9 Å². The van der Waals surface area contributed by atoms with Gasteiger partial charge >= 0.3 is 0 Å². The number of rotatable bonds is 3. The van der Waals surface area contributed by atoms with Crippen molar-refractivity contribution in [3.8, 4) is 11.3 Å². The van der Waals surface area contributed by atoms with E-state index in [9.17, 15) is 0 Å². The van der Waals surface area contributed by atoms with E-state index in [4.69, 9.17) is 5.73 Å². The van der Waals surface area contributed by atoms with Gasteiger partial charge in [-0.15, -0.1) is 11.3 Å². The minimum atomic E-state index is 0.178.